The van der Waals surface area contributed by atoms with E-state index in [1.807, 2.05) is 6.07 Å². The zero-order valence-electron chi connectivity index (χ0n) is 15.1. The summed E-state index contributed by atoms with van der Waals surface area (Å²) < 4.78 is 34.0. The average molecular weight is 432 g/mol. The third-order valence-corrected chi connectivity index (χ3v) is 4.64. The van der Waals surface area contributed by atoms with Crippen LogP contribution in [-0.4, -0.2) is 46.9 Å². The molecule has 6 nitrogen and oxygen atoms in total. The van der Waals surface area contributed by atoms with Crippen molar-refractivity contribution in [3.05, 3.63) is 48.2 Å². The Balaban J connectivity index is 0.00000140. The molecule has 0 spiro atoms. The van der Waals surface area contributed by atoms with Crippen molar-refractivity contribution < 1.29 is 13.5 Å². The summed E-state index contributed by atoms with van der Waals surface area (Å²) in [6.45, 7) is 1.66. The fraction of sp³-hybridized carbons (Fsp3) is 0.333. The van der Waals surface area contributed by atoms with E-state index in [1.165, 1.54) is 12.1 Å². The Morgan fingerprint density at radius 3 is 2.79 bits per heavy atom. The highest BCUT2D eigenvalue weighted by atomic mass is 35.5. The number of nitrogens with one attached hydrogen (secondary N) is 2. The Labute approximate surface area is 173 Å². The average Bonchev–Trinajstić information content (AvgIpc) is 3.07. The topological polar surface area (TPSA) is 63.5 Å². The van der Waals surface area contributed by atoms with E-state index >= 15 is 0 Å². The minimum atomic E-state index is -0.889. The maximum absolute atomic E-state index is 13.6. The number of hydrogen-bond donors (Lipinski definition) is 2. The number of pyridine rings is 1. The highest BCUT2D eigenvalue weighted by Gasteiger charge is 2.25. The highest BCUT2D eigenvalue weighted by molar-refractivity contribution is 5.85. The lowest BCUT2D eigenvalue weighted by Gasteiger charge is -2.31. The van der Waals surface area contributed by atoms with Gasteiger partial charge in [-0.3, -0.25) is 0 Å². The molecule has 2 atom stereocenters. The number of fused-ring (bicyclic) bond motifs is 1. The number of methoxy groups -OCH3 is 1. The number of halogens is 4. The summed E-state index contributed by atoms with van der Waals surface area (Å²) in [6, 6.07) is 7.52. The summed E-state index contributed by atoms with van der Waals surface area (Å²) in [6.07, 6.45) is 2.69. The van der Waals surface area contributed by atoms with Crippen molar-refractivity contribution in [1.29, 1.82) is 0 Å². The molecule has 0 bridgehead atoms. The second-order valence-corrected chi connectivity index (χ2v) is 6.27. The molecule has 0 radical (unpaired) electrons. The van der Waals surface area contributed by atoms with Crippen LogP contribution < -0.4 is 10.6 Å². The molecule has 4 rings (SSSR count). The van der Waals surface area contributed by atoms with Gasteiger partial charge in [0.05, 0.1) is 12.1 Å². The van der Waals surface area contributed by atoms with E-state index in [0.29, 0.717) is 22.7 Å². The van der Waals surface area contributed by atoms with Gasteiger partial charge in [-0.1, -0.05) is 6.07 Å². The van der Waals surface area contributed by atoms with Crippen molar-refractivity contribution in [3.63, 3.8) is 0 Å². The van der Waals surface area contributed by atoms with Crippen molar-refractivity contribution in [2.75, 3.05) is 25.5 Å². The van der Waals surface area contributed by atoms with Gasteiger partial charge in [0.1, 0.15) is 0 Å². The van der Waals surface area contributed by atoms with Crippen LogP contribution in [0.1, 0.15) is 6.42 Å². The molecule has 0 saturated carbocycles. The Hall–Kier alpha value is -2.00. The van der Waals surface area contributed by atoms with Crippen LogP contribution in [0, 0.1) is 11.6 Å². The van der Waals surface area contributed by atoms with Crippen LogP contribution >= 0.6 is 24.8 Å². The maximum atomic E-state index is 13.6. The summed E-state index contributed by atoms with van der Waals surface area (Å²) in [5.74, 6) is -1.28. The summed E-state index contributed by atoms with van der Waals surface area (Å²) in [4.78, 5) is 4.55. The Morgan fingerprint density at radius 1 is 1.21 bits per heavy atom. The van der Waals surface area contributed by atoms with E-state index in [1.54, 1.807) is 23.9 Å². The van der Waals surface area contributed by atoms with Crippen LogP contribution in [0.3, 0.4) is 0 Å². The molecule has 3 heterocycles. The maximum Gasteiger partial charge on any atom is 0.243 e. The molecule has 2 N–H and O–H groups in total. The summed E-state index contributed by atoms with van der Waals surface area (Å²) in [5, 5.41) is 11.1. The van der Waals surface area contributed by atoms with Crippen LogP contribution in [0.2, 0.25) is 0 Å². The van der Waals surface area contributed by atoms with Crippen molar-refractivity contribution in [2.24, 2.45) is 0 Å². The summed E-state index contributed by atoms with van der Waals surface area (Å²) >= 11 is 0. The van der Waals surface area contributed by atoms with E-state index in [9.17, 15) is 8.78 Å². The minimum Gasteiger partial charge on any atom is -0.378 e. The first kappa shape index (κ1) is 22.3. The number of rotatable bonds is 4. The van der Waals surface area contributed by atoms with E-state index in [2.05, 4.69) is 20.7 Å². The van der Waals surface area contributed by atoms with E-state index in [-0.39, 0.29) is 37.0 Å². The van der Waals surface area contributed by atoms with Gasteiger partial charge in [-0.15, -0.1) is 29.9 Å². The van der Waals surface area contributed by atoms with Crippen LogP contribution in [0.5, 0.6) is 0 Å². The number of hydrogen-bond acceptors (Lipinski definition) is 5. The van der Waals surface area contributed by atoms with Crippen molar-refractivity contribution >= 4 is 36.4 Å². The third kappa shape index (κ3) is 4.35. The quantitative estimate of drug-likeness (QED) is 0.663. The van der Waals surface area contributed by atoms with Gasteiger partial charge in [0, 0.05) is 25.4 Å². The Morgan fingerprint density at radius 2 is 2.04 bits per heavy atom. The lowest BCUT2D eigenvalue weighted by molar-refractivity contribution is 0.0704. The van der Waals surface area contributed by atoms with Crippen molar-refractivity contribution in [1.82, 2.24) is 19.9 Å². The number of aromatic nitrogens is 3. The molecule has 28 heavy (non-hydrogen) atoms. The van der Waals surface area contributed by atoms with Gasteiger partial charge in [0.15, 0.2) is 17.3 Å². The van der Waals surface area contributed by atoms with Crippen molar-refractivity contribution in [3.8, 4) is 11.1 Å². The minimum absolute atomic E-state index is 0. The first-order chi connectivity index (χ1) is 12.7. The van der Waals surface area contributed by atoms with Crippen LogP contribution in [0.25, 0.3) is 16.8 Å². The SMILES string of the molecule is CO[C@H]1CNCC[C@H]1Nc1nc2c(-c3ccc(F)c(F)c3)cccn2n1.Cl.Cl. The second kappa shape index (κ2) is 9.47. The standard InChI is InChI=1S/C18H19F2N5O.2ClH/c1-26-16-10-21-7-6-15(16)22-18-23-17-12(3-2-8-25(17)24-18)11-4-5-13(19)14(20)9-11;;/h2-5,8-9,15-16,21H,6-7,10H2,1H3,(H,22,24);2*1H/t15-,16+;;/m1../s1. The largest absolute Gasteiger partial charge is 0.378 e. The molecular weight excluding hydrogens is 411 g/mol. The molecule has 1 fully saturated rings. The number of piperidine rings is 1. The fourth-order valence-electron chi connectivity index (χ4n) is 3.26. The van der Waals surface area contributed by atoms with Gasteiger partial charge < -0.3 is 15.4 Å². The van der Waals surface area contributed by atoms with Gasteiger partial charge >= 0.3 is 0 Å². The highest BCUT2D eigenvalue weighted by Crippen LogP contribution is 2.26. The molecule has 1 saturated heterocycles. The van der Waals surface area contributed by atoms with E-state index in [4.69, 9.17) is 4.74 Å². The van der Waals surface area contributed by atoms with Gasteiger partial charge in [0.2, 0.25) is 5.95 Å². The fourth-order valence-corrected chi connectivity index (χ4v) is 3.26. The second-order valence-electron chi connectivity index (χ2n) is 6.27. The molecule has 0 amide bonds. The number of benzene rings is 1. The normalized spacial score (nSPS) is 19.0. The van der Waals surface area contributed by atoms with Crippen molar-refractivity contribution in [2.45, 2.75) is 18.6 Å². The lowest BCUT2D eigenvalue weighted by Crippen LogP contribution is -2.48. The third-order valence-electron chi connectivity index (χ3n) is 4.64. The summed E-state index contributed by atoms with van der Waals surface area (Å²) in [5.41, 5.74) is 1.80. The molecule has 152 valence electrons. The zero-order chi connectivity index (χ0) is 18.1. The van der Waals surface area contributed by atoms with E-state index in [0.717, 1.165) is 25.6 Å². The molecule has 0 unspecified atom stereocenters. The number of anilines is 1. The predicted octanol–water partition coefficient (Wildman–Crippen LogP) is 3.31. The van der Waals surface area contributed by atoms with Crippen LogP contribution in [-0.2, 0) is 4.74 Å². The van der Waals surface area contributed by atoms with Gasteiger partial charge in [-0.25, -0.2) is 13.3 Å². The molecular formula is C18H21Cl2F2N5O. The van der Waals surface area contributed by atoms with E-state index < -0.39 is 11.6 Å². The van der Waals surface area contributed by atoms with Gasteiger partial charge in [0.25, 0.3) is 0 Å². The molecule has 1 aromatic carbocycles. The molecule has 0 aliphatic carbocycles. The summed E-state index contributed by atoms with van der Waals surface area (Å²) in [7, 11) is 1.69. The molecule has 10 heteroatoms. The Kier molecular flexibility index (Phi) is 7.54. The smallest absolute Gasteiger partial charge is 0.243 e. The predicted molar refractivity (Wildman–Crippen MR) is 109 cm³/mol. The Bertz CT molecular complexity index is 939. The molecule has 1 aliphatic rings. The first-order valence-electron chi connectivity index (χ1n) is 8.46. The molecule has 3 aromatic rings. The monoisotopic (exact) mass is 431 g/mol. The molecule has 2 aromatic heterocycles. The van der Waals surface area contributed by atoms with Gasteiger partial charge in [-0.2, -0.15) is 4.98 Å². The number of nitrogens with zero attached hydrogens (tertiary/aromatic N) is 3. The van der Waals surface area contributed by atoms with Crippen LogP contribution in [0.15, 0.2) is 36.5 Å². The van der Waals surface area contributed by atoms with Crippen LogP contribution in [0.4, 0.5) is 14.7 Å². The lowest BCUT2D eigenvalue weighted by atomic mass is 10.0. The first-order valence-corrected chi connectivity index (χ1v) is 8.46. The zero-order valence-corrected chi connectivity index (χ0v) is 16.7. The van der Waals surface area contributed by atoms with Gasteiger partial charge in [-0.05, 0) is 42.8 Å². The number of ether oxygens (including phenoxy) is 1. The molecule has 1 aliphatic heterocycles.